The zero-order chi connectivity index (χ0) is 20.1. The zero-order valence-electron chi connectivity index (χ0n) is 17.1. The molecule has 0 radical (unpaired) electrons. The Balaban J connectivity index is 1.75. The maximum absolute atomic E-state index is 13.2. The number of nitrogens with zero attached hydrogens (tertiary/aromatic N) is 2. The molecule has 2 amide bonds. The summed E-state index contributed by atoms with van der Waals surface area (Å²) in [5, 5.41) is 13.1. The van der Waals surface area contributed by atoms with Crippen LogP contribution in [0, 0.1) is 0 Å². The van der Waals surface area contributed by atoms with E-state index >= 15 is 0 Å². The number of nitrogens with one attached hydrogen (secondary N) is 1. The summed E-state index contributed by atoms with van der Waals surface area (Å²) in [6, 6.07) is 9.51. The molecule has 6 nitrogen and oxygen atoms in total. The molecule has 1 spiro atoms. The first kappa shape index (κ1) is 20.8. The fraction of sp³-hybridized carbons (Fsp3) is 0.636. The lowest BCUT2D eigenvalue weighted by atomic mass is 9.80. The van der Waals surface area contributed by atoms with Gasteiger partial charge in [-0.15, -0.1) is 0 Å². The quantitative estimate of drug-likeness (QED) is 0.750. The third kappa shape index (κ3) is 4.08. The van der Waals surface area contributed by atoms with Crippen LogP contribution >= 0.6 is 0 Å². The maximum Gasteiger partial charge on any atom is 0.248 e. The van der Waals surface area contributed by atoms with Gasteiger partial charge in [0.05, 0.1) is 6.10 Å². The van der Waals surface area contributed by atoms with Gasteiger partial charge in [-0.2, -0.15) is 0 Å². The summed E-state index contributed by atoms with van der Waals surface area (Å²) < 4.78 is 0. The molecule has 2 N–H and O–H groups in total. The maximum atomic E-state index is 13.2. The van der Waals surface area contributed by atoms with Crippen LogP contribution in [-0.4, -0.2) is 64.0 Å². The first-order chi connectivity index (χ1) is 13.5. The lowest BCUT2D eigenvalue weighted by molar-refractivity contribution is -0.164. The fourth-order valence-corrected chi connectivity index (χ4v) is 4.40. The number of rotatable bonds is 7. The standard InChI is InChI=1S/C22H33N3O3/c1-3-5-13-25-20(27)19(18(26)4-2)23-21(28)22(25)11-14-24(15-12-22)16-17-9-7-6-8-10-17/h6-10,18-19,26H,3-5,11-16H2,1-2H3,(H,23,28)/t18-,19-/m1/s1. The smallest absolute Gasteiger partial charge is 0.248 e. The van der Waals surface area contributed by atoms with Gasteiger partial charge in [0, 0.05) is 26.2 Å². The van der Waals surface area contributed by atoms with Gasteiger partial charge in [-0.1, -0.05) is 50.6 Å². The number of piperazine rings is 1. The summed E-state index contributed by atoms with van der Waals surface area (Å²) >= 11 is 0. The lowest BCUT2D eigenvalue weighted by Gasteiger charge is -2.52. The Kier molecular flexibility index (Phi) is 6.73. The van der Waals surface area contributed by atoms with Crippen LogP contribution in [0.15, 0.2) is 30.3 Å². The van der Waals surface area contributed by atoms with E-state index in [0.717, 1.165) is 32.5 Å². The molecule has 0 bridgehead atoms. The number of amides is 2. The Morgan fingerprint density at radius 3 is 2.46 bits per heavy atom. The van der Waals surface area contributed by atoms with Crippen LogP contribution in [0.1, 0.15) is 51.5 Å². The number of aliphatic hydroxyl groups is 1. The summed E-state index contributed by atoms with van der Waals surface area (Å²) in [5.74, 6) is -0.223. The number of likely N-dealkylation sites (tertiary alicyclic amines) is 1. The molecule has 2 saturated heterocycles. The number of benzene rings is 1. The molecule has 2 fully saturated rings. The molecule has 1 aromatic carbocycles. The van der Waals surface area contributed by atoms with Crippen molar-refractivity contribution in [3.05, 3.63) is 35.9 Å². The predicted octanol–water partition coefficient (Wildman–Crippen LogP) is 1.92. The van der Waals surface area contributed by atoms with Crippen LogP contribution in [0.4, 0.5) is 0 Å². The molecular weight excluding hydrogens is 354 g/mol. The highest BCUT2D eigenvalue weighted by Gasteiger charge is 2.54. The number of piperidine rings is 1. The molecule has 2 aliphatic heterocycles. The molecule has 154 valence electrons. The van der Waals surface area contributed by atoms with Crippen molar-refractivity contribution < 1.29 is 14.7 Å². The van der Waals surface area contributed by atoms with E-state index in [1.807, 2.05) is 25.1 Å². The van der Waals surface area contributed by atoms with Gasteiger partial charge in [0.1, 0.15) is 11.6 Å². The second kappa shape index (κ2) is 9.05. The van der Waals surface area contributed by atoms with Crippen LogP contribution in [0.25, 0.3) is 0 Å². The van der Waals surface area contributed by atoms with E-state index in [9.17, 15) is 14.7 Å². The number of carbonyl (C=O) groups excluding carboxylic acids is 2. The second-order valence-electron chi connectivity index (χ2n) is 8.06. The Labute approximate surface area is 167 Å². The van der Waals surface area contributed by atoms with E-state index in [1.54, 1.807) is 4.90 Å². The zero-order valence-corrected chi connectivity index (χ0v) is 17.1. The summed E-state index contributed by atoms with van der Waals surface area (Å²) in [6.45, 7) is 6.90. The van der Waals surface area contributed by atoms with Crippen LogP contribution in [0.3, 0.4) is 0 Å². The molecule has 0 unspecified atom stereocenters. The van der Waals surface area contributed by atoms with Gasteiger partial charge in [-0.25, -0.2) is 0 Å². The Morgan fingerprint density at radius 1 is 1.18 bits per heavy atom. The topological polar surface area (TPSA) is 72.9 Å². The molecule has 1 aromatic rings. The second-order valence-corrected chi connectivity index (χ2v) is 8.06. The van der Waals surface area contributed by atoms with Crippen molar-refractivity contribution in [3.63, 3.8) is 0 Å². The monoisotopic (exact) mass is 387 g/mol. The molecule has 0 aromatic heterocycles. The number of carbonyl (C=O) groups is 2. The minimum atomic E-state index is -0.837. The van der Waals surface area contributed by atoms with Gasteiger partial charge in [0.25, 0.3) is 0 Å². The van der Waals surface area contributed by atoms with E-state index in [-0.39, 0.29) is 11.8 Å². The average Bonchev–Trinajstić information content (AvgIpc) is 2.72. The van der Waals surface area contributed by atoms with E-state index in [2.05, 4.69) is 29.3 Å². The molecular formula is C22H33N3O3. The normalized spacial score (nSPS) is 23.7. The molecule has 28 heavy (non-hydrogen) atoms. The van der Waals surface area contributed by atoms with Crippen molar-refractivity contribution in [2.75, 3.05) is 19.6 Å². The first-order valence-electron chi connectivity index (χ1n) is 10.6. The van der Waals surface area contributed by atoms with Crippen LogP contribution in [0.5, 0.6) is 0 Å². The first-order valence-corrected chi connectivity index (χ1v) is 10.6. The molecule has 0 saturated carbocycles. The molecule has 6 heteroatoms. The van der Waals surface area contributed by atoms with Gasteiger partial charge in [0.2, 0.25) is 11.8 Å². The lowest BCUT2D eigenvalue weighted by Crippen LogP contribution is -2.74. The number of hydrogen-bond donors (Lipinski definition) is 2. The number of unbranched alkanes of at least 4 members (excludes halogenated alkanes) is 1. The van der Waals surface area contributed by atoms with Crippen molar-refractivity contribution in [1.82, 2.24) is 15.1 Å². The average molecular weight is 388 g/mol. The van der Waals surface area contributed by atoms with Gasteiger partial charge in [0.15, 0.2) is 0 Å². The van der Waals surface area contributed by atoms with Crippen molar-refractivity contribution >= 4 is 11.8 Å². The van der Waals surface area contributed by atoms with Gasteiger partial charge in [-0.05, 0) is 31.2 Å². The summed E-state index contributed by atoms with van der Waals surface area (Å²) in [4.78, 5) is 30.5. The number of aliphatic hydroxyl groups excluding tert-OH is 1. The van der Waals surface area contributed by atoms with Crippen molar-refractivity contribution in [2.24, 2.45) is 0 Å². The van der Waals surface area contributed by atoms with Gasteiger partial charge >= 0.3 is 0 Å². The third-order valence-electron chi connectivity index (χ3n) is 6.23. The summed E-state index contributed by atoms with van der Waals surface area (Å²) in [6.07, 6.45) is 2.70. The Hall–Kier alpha value is -1.92. The Bertz CT molecular complexity index is 671. The van der Waals surface area contributed by atoms with Crippen LogP contribution in [-0.2, 0) is 16.1 Å². The number of hydrogen-bond acceptors (Lipinski definition) is 4. The summed E-state index contributed by atoms with van der Waals surface area (Å²) in [5.41, 5.74) is 0.486. The molecule has 3 rings (SSSR count). The van der Waals surface area contributed by atoms with E-state index in [1.165, 1.54) is 5.56 Å². The minimum Gasteiger partial charge on any atom is -0.390 e. The predicted molar refractivity (Wildman–Crippen MR) is 109 cm³/mol. The molecule has 0 aliphatic carbocycles. The minimum absolute atomic E-state index is 0.0972. The fourth-order valence-electron chi connectivity index (χ4n) is 4.40. The third-order valence-corrected chi connectivity index (χ3v) is 6.23. The highest BCUT2D eigenvalue weighted by atomic mass is 16.3. The highest BCUT2D eigenvalue weighted by molar-refractivity contribution is 6.00. The van der Waals surface area contributed by atoms with Gasteiger partial charge < -0.3 is 15.3 Å². The van der Waals surface area contributed by atoms with E-state index in [4.69, 9.17) is 0 Å². The molecule has 2 atom stereocenters. The summed E-state index contributed by atoms with van der Waals surface area (Å²) in [7, 11) is 0. The van der Waals surface area contributed by atoms with Crippen molar-refractivity contribution in [1.29, 1.82) is 0 Å². The van der Waals surface area contributed by atoms with E-state index < -0.39 is 17.7 Å². The Morgan fingerprint density at radius 2 is 1.86 bits per heavy atom. The van der Waals surface area contributed by atoms with Gasteiger partial charge in [-0.3, -0.25) is 14.5 Å². The van der Waals surface area contributed by atoms with Crippen molar-refractivity contribution in [3.8, 4) is 0 Å². The molecule has 2 heterocycles. The highest BCUT2D eigenvalue weighted by Crippen LogP contribution is 2.34. The van der Waals surface area contributed by atoms with Crippen LogP contribution < -0.4 is 5.32 Å². The molecule has 2 aliphatic rings. The SMILES string of the molecule is CCCCN1C(=O)[C@@H]([C@H](O)CC)NC(=O)C12CCN(Cc1ccccc1)CC2. The van der Waals surface area contributed by atoms with Crippen molar-refractivity contribution in [2.45, 2.75) is 70.2 Å². The largest absolute Gasteiger partial charge is 0.390 e. The van der Waals surface area contributed by atoms with Crippen LogP contribution in [0.2, 0.25) is 0 Å². The van der Waals surface area contributed by atoms with E-state index in [0.29, 0.717) is 25.8 Å².